The van der Waals surface area contributed by atoms with Crippen LogP contribution in [-0.2, 0) is 0 Å². The number of anilines is 2. The van der Waals surface area contributed by atoms with Gasteiger partial charge in [0.2, 0.25) is 0 Å². The molecule has 0 unspecified atom stereocenters. The van der Waals surface area contributed by atoms with Crippen LogP contribution >= 0.6 is 0 Å². The number of aromatic hydroxyl groups is 1. The molecule has 0 atom stereocenters. The Kier molecular flexibility index (Phi) is 3.66. The van der Waals surface area contributed by atoms with Crippen LogP contribution in [0.4, 0.5) is 11.5 Å². The van der Waals surface area contributed by atoms with Crippen LogP contribution in [-0.4, -0.2) is 48.2 Å². The second-order valence-corrected chi connectivity index (χ2v) is 5.44. The first kappa shape index (κ1) is 13.7. The van der Waals surface area contributed by atoms with Gasteiger partial charge in [-0.05, 0) is 43.4 Å². The van der Waals surface area contributed by atoms with E-state index in [-0.39, 0.29) is 5.75 Å². The fourth-order valence-corrected chi connectivity index (χ4v) is 2.52. The Labute approximate surface area is 124 Å². The Hall–Kier alpha value is -2.27. The Bertz CT molecular complexity index is 619. The zero-order chi connectivity index (χ0) is 14.8. The molecule has 1 aliphatic heterocycles. The number of hydrogen-bond donors (Lipinski definition) is 2. The molecule has 1 aromatic carbocycles. The highest BCUT2D eigenvalue weighted by atomic mass is 16.3. The number of pyridine rings is 1. The molecule has 2 aromatic rings. The number of hydrogen-bond acceptors (Lipinski definition) is 5. The van der Waals surface area contributed by atoms with Crippen LogP contribution in [0.25, 0.3) is 11.3 Å². The summed E-state index contributed by atoms with van der Waals surface area (Å²) in [6.07, 6.45) is 0. The fourth-order valence-electron chi connectivity index (χ4n) is 2.52. The average Bonchev–Trinajstić information content (AvgIpc) is 2.50. The van der Waals surface area contributed by atoms with Crippen molar-refractivity contribution in [2.45, 2.75) is 0 Å². The van der Waals surface area contributed by atoms with Crippen LogP contribution in [0.3, 0.4) is 0 Å². The van der Waals surface area contributed by atoms with E-state index in [9.17, 15) is 5.11 Å². The number of nitrogen functional groups attached to an aromatic ring is 1. The molecule has 0 radical (unpaired) electrons. The van der Waals surface area contributed by atoms with Crippen molar-refractivity contribution in [1.29, 1.82) is 0 Å². The highest BCUT2D eigenvalue weighted by Crippen LogP contribution is 2.28. The van der Waals surface area contributed by atoms with Gasteiger partial charge in [-0.25, -0.2) is 4.98 Å². The summed E-state index contributed by atoms with van der Waals surface area (Å²) in [7, 11) is 2.13. The van der Waals surface area contributed by atoms with Crippen LogP contribution in [0, 0.1) is 0 Å². The summed E-state index contributed by atoms with van der Waals surface area (Å²) in [5.41, 5.74) is 8.40. The third kappa shape index (κ3) is 2.92. The van der Waals surface area contributed by atoms with E-state index >= 15 is 0 Å². The standard InChI is InChI=1S/C16H20N4O/c1-19-8-10-20(11-9-19)15-7-6-14(17)16(18-15)12-2-4-13(21)5-3-12/h2-7,21H,8-11,17H2,1H3. The molecule has 2 heterocycles. The van der Waals surface area contributed by atoms with E-state index in [0.717, 1.165) is 43.3 Å². The van der Waals surface area contributed by atoms with Crippen LogP contribution in [0.1, 0.15) is 0 Å². The Morgan fingerprint density at radius 3 is 2.33 bits per heavy atom. The predicted molar refractivity (Wildman–Crippen MR) is 85.5 cm³/mol. The van der Waals surface area contributed by atoms with E-state index in [4.69, 9.17) is 10.7 Å². The summed E-state index contributed by atoms with van der Waals surface area (Å²) in [4.78, 5) is 9.32. The van der Waals surface area contributed by atoms with Crippen molar-refractivity contribution in [3.05, 3.63) is 36.4 Å². The van der Waals surface area contributed by atoms with Gasteiger partial charge >= 0.3 is 0 Å². The molecule has 0 saturated carbocycles. The molecular formula is C16H20N4O. The van der Waals surface area contributed by atoms with Gasteiger partial charge in [0.15, 0.2) is 0 Å². The lowest BCUT2D eigenvalue weighted by atomic mass is 10.1. The first-order valence-electron chi connectivity index (χ1n) is 7.13. The Morgan fingerprint density at radius 2 is 1.67 bits per heavy atom. The number of nitrogens with zero attached hydrogens (tertiary/aromatic N) is 3. The number of phenolic OH excluding ortho intramolecular Hbond substituents is 1. The summed E-state index contributed by atoms with van der Waals surface area (Å²) in [5.74, 6) is 1.20. The normalized spacial score (nSPS) is 16.1. The van der Waals surface area contributed by atoms with Crippen molar-refractivity contribution < 1.29 is 5.11 Å². The summed E-state index contributed by atoms with van der Waals surface area (Å²) in [6.45, 7) is 4.03. The van der Waals surface area contributed by atoms with Gasteiger partial charge in [-0.2, -0.15) is 0 Å². The maximum absolute atomic E-state index is 9.39. The van der Waals surface area contributed by atoms with Crippen LogP contribution in [0.5, 0.6) is 5.75 Å². The minimum Gasteiger partial charge on any atom is -0.508 e. The monoisotopic (exact) mass is 284 g/mol. The largest absolute Gasteiger partial charge is 0.508 e. The lowest BCUT2D eigenvalue weighted by Crippen LogP contribution is -2.44. The van der Waals surface area contributed by atoms with E-state index in [0.29, 0.717) is 5.69 Å². The van der Waals surface area contributed by atoms with Gasteiger partial charge < -0.3 is 20.6 Å². The number of likely N-dealkylation sites (N-methyl/N-ethyl adjacent to an activating group) is 1. The Morgan fingerprint density at radius 1 is 1.00 bits per heavy atom. The lowest BCUT2D eigenvalue weighted by Gasteiger charge is -2.33. The van der Waals surface area contributed by atoms with Crippen LogP contribution in [0.2, 0.25) is 0 Å². The van der Waals surface area contributed by atoms with Gasteiger partial charge in [0, 0.05) is 31.7 Å². The molecule has 3 rings (SSSR count). The summed E-state index contributed by atoms with van der Waals surface area (Å²) in [5, 5.41) is 9.39. The topological polar surface area (TPSA) is 65.6 Å². The fraction of sp³-hybridized carbons (Fsp3) is 0.312. The van der Waals surface area contributed by atoms with Gasteiger partial charge in [-0.3, -0.25) is 0 Å². The summed E-state index contributed by atoms with van der Waals surface area (Å²) < 4.78 is 0. The Balaban J connectivity index is 1.91. The molecule has 0 amide bonds. The smallest absolute Gasteiger partial charge is 0.129 e. The third-order valence-corrected chi connectivity index (χ3v) is 3.88. The molecule has 5 nitrogen and oxygen atoms in total. The zero-order valence-corrected chi connectivity index (χ0v) is 12.2. The molecule has 1 aromatic heterocycles. The van der Waals surface area contributed by atoms with Gasteiger partial charge in [0.1, 0.15) is 11.6 Å². The van der Waals surface area contributed by atoms with Crippen molar-refractivity contribution in [2.24, 2.45) is 0 Å². The maximum Gasteiger partial charge on any atom is 0.129 e. The van der Waals surface area contributed by atoms with Crippen molar-refractivity contribution >= 4 is 11.5 Å². The molecule has 0 spiro atoms. The quantitative estimate of drug-likeness (QED) is 0.880. The molecule has 21 heavy (non-hydrogen) atoms. The highest BCUT2D eigenvalue weighted by Gasteiger charge is 2.16. The number of aromatic nitrogens is 1. The van der Waals surface area contributed by atoms with Crippen molar-refractivity contribution in [3.63, 3.8) is 0 Å². The molecule has 0 aliphatic carbocycles. The minimum atomic E-state index is 0.243. The summed E-state index contributed by atoms with van der Waals surface area (Å²) in [6, 6.07) is 10.9. The molecule has 0 bridgehead atoms. The van der Waals surface area contributed by atoms with Crippen molar-refractivity contribution in [3.8, 4) is 17.0 Å². The first-order valence-corrected chi connectivity index (χ1v) is 7.13. The number of phenols is 1. The van der Waals surface area contributed by atoms with Gasteiger partial charge in [0.25, 0.3) is 0 Å². The molecule has 3 N–H and O–H groups in total. The second kappa shape index (κ2) is 5.61. The molecular weight excluding hydrogens is 264 g/mol. The van der Waals surface area contributed by atoms with E-state index in [1.54, 1.807) is 12.1 Å². The number of benzene rings is 1. The van der Waals surface area contributed by atoms with Crippen molar-refractivity contribution in [1.82, 2.24) is 9.88 Å². The predicted octanol–water partition coefficient (Wildman–Crippen LogP) is 1.79. The van der Waals surface area contributed by atoms with E-state index in [1.165, 1.54) is 0 Å². The highest BCUT2D eigenvalue weighted by molar-refractivity contribution is 5.74. The molecule has 110 valence electrons. The van der Waals surface area contributed by atoms with E-state index in [2.05, 4.69) is 16.8 Å². The van der Waals surface area contributed by atoms with Gasteiger partial charge in [0.05, 0.1) is 11.4 Å². The van der Waals surface area contributed by atoms with E-state index in [1.807, 2.05) is 24.3 Å². The average molecular weight is 284 g/mol. The SMILES string of the molecule is CN1CCN(c2ccc(N)c(-c3ccc(O)cc3)n2)CC1. The van der Waals surface area contributed by atoms with E-state index < -0.39 is 0 Å². The zero-order valence-electron chi connectivity index (χ0n) is 12.2. The van der Waals surface area contributed by atoms with Crippen LogP contribution < -0.4 is 10.6 Å². The van der Waals surface area contributed by atoms with Gasteiger partial charge in [-0.1, -0.05) is 0 Å². The maximum atomic E-state index is 9.39. The molecule has 1 aliphatic rings. The van der Waals surface area contributed by atoms with Gasteiger partial charge in [-0.15, -0.1) is 0 Å². The number of nitrogens with two attached hydrogens (primary N) is 1. The molecule has 1 fully saturated rings. The summed E-state index contributed by atoms with van der Waals surface area (Å²) >= 11 is 0. The first-order chi connectivity index (χ1) is 10.1. The minimum absolute atomic E-state index is 0.243. The lowest BCUT2D eigenvalue weighted by molar-refractivity contribution is 0.312. The third-order valence-electron chi connectivity index (χ3n) is 3.88. The molecule has 5 heteroatoms. The number of piperazine rings is 1. The number of rotatable bonds is 2. The van der Waals surface area contributed by atoms with Crippen LogP contribution in [0.15, 0.2) is 36.4 Å². The second-order valence-electron chi connectivity index (χ2n) is 5.44. The molecule has 1 saturated heterocycles. The van der Waals surface area contributed by atoms with Crippen molar-refractivity contribution in [2.75, 3.05) is 43.9 Å².